The Bertz CT molecular complexity index is 104. The maximum atomic E-state index is 9.92. The van der Waals surface area contributed by atoms with Gasteiger partial charge in [0.05, 0.1) is 0 Å². The molecule has 0 amide bonds. The summed E-state index contributed by atoms with van der Waals surface area (Å²) in [5, 5.41) is 1.91. The van der Waals surface area contributed by atoms with Crippen LogP contribution in [0.25, 0.3) is 0 Å². The van der Waals surface area contributed by atoms with E-state index in [0.29, 0.717) is 0 Å². The van der Waals surface area contributed by atoms with Gasteiger partial charge in [-0.2, -0.15) is 0 Å². The van der Waals surface area contributed by atoms with E-state index in [9.17, 15) is 4.57 Å². The zero-order valence-corrected chi connectivity index (χ0v) is 6.36. The molecule has 5 nitrogen and oxygen atoms in total. The van der Waals surface area contributed by atoms with E-state index in [1.165, 1.54) is 0 Å². The third-order valence-corrected chi connectivity index (χ3v) is 1.10. The van der Waals surface area contributed by atoms with Gasteiger partial charge < -0.3 is 15.5 Å². The van der Waals surface area contributed by atoms with Gasteiger partial charge in [-0.25, -0.2) is 9.65 Å². The SMILES string of the molecule is Cl.NCCNP(=O)(O)O. The lowest BCUT2D eigenvalue weighted by Gasteiger charge is -2.01. The molecule has 0 aliphatic carbocycles. The Morgan fingerprint density at radius 1 is 1.56 bits per heavy atom. The molecule has 0 aromatic carbocycles. The zero-order valence-electron chi connectivity index (χ0n) is 4.65. The molecule has 0 bridgehead atoms. The van der Waals surface area contributed by atoms with Crippen molar-refractivity contribution in [3.05, 3.63) is 0 Å². The Morgan fingerprint density at radius 3 is 2.11 bits per heavy atom. The maximum Gasteiger partial charge on any atom is 0.400 e. The normalized spacial score (nSPS) is 10.6. The molecule has 0 fully saturated rings. The average molecular weight is 177 g/mol. The monoisotopic (exact) mass is 176 g/mol. The molecule has 7 heteroatoms. The van der Waals surface area contributed by atoms with E-state index in [-0.39, 0.29) is 25.5 Å². The summed E-state index contributed by atoms with van der Waals surface area (Å²) in [6, 6.07) is 0. The molecule has 0 radical (unpaired) electrons. The van der Waals surface area contributed by atoms with E-state index in [4.69, 9.17) is 15.5 Å². The van der Waals surface area contributed by atoms with E-state index < -0.39 is 7.75 Å². The summed E-state index contributed by atoms with van der Waals surface area (Å²) in [4.78, 5) is 16.2. The molecule has 0 heterocycles. The summed E-state index contributed by atoms with van der Waals surface area (Å²) in [5.74, 6) is 0. The number of nitrogens with two attached hydrogens (primary N) is 1. The van der Waals surface area contributed by atoms with Crippen LogP contribution in [0.3, 0.4) is 0 Å². The minimum atomic E-state index is -4.01. The van der Waals surface area contributed by atoms with E-state index in [1.807, 2.05) is 5.09 Å². The fourth-order valence-electron chi connectivity index (χ4n) is 0.210. The van der Waals surface area contributed by atoms with Gasteiger partial charge in [0.15, 0.2) is 0 Å². The number of hydrogen-bond donors (Lipinski definition) is 4. The molecule has 0 atom stereocenters. The Labute approximate surface area is 59.3 Å². The summed E-state index contributed by atoms with van der Waals surface area (Å²) < 4.78 is 9.92. The van der Waals surface area contributed by atoms with Crippen molar-refractivity contribution in [2.24, 2.45) is 5.73 Å². The molecule has 58 valence electrons. The molecule has 0 aliphatic heterocycles. The van der Waals surface area contributed by atoms with Crippen LogP contribution < -0.4 is 10.8 Å². The summed E-state index contributed by atoms with van der Waals surface area (Å²) in [6.45, 7) is 0.370. The first-order valence-electron chi connectivity index (χ1n) is 2.07. The van der Waals surface area contributed by atoms with E-state index in [2.05, 4.69) is 0 Å². The molecule has 0 rings (SSSR count). The highest BCUT2D eigenvalue weighted by Crippen LogP contribution is 2.26. The van der Waals surface area contributed by atoms with Crippen molar-refractivity contribution in [2.75, 3.05) is 13.1 Å². The van der Waals surface area contributed by atoms with Gasteiger partial charge in [0, 0.05) is 13.1 Å². The second-order valence-corrected chi connectivity index (χ2v) is 2.65. The first kappa shape index (κ1) is 12.1. The number of rotatable bonds is 3. The van der Waals surface area contributed by atoms with Gasteiger partial charge in [-0.05, 0) is 0 Å². The fourth-order valence-corrected chi connectivity index (χ4v) is 0.631. The van der Waals surface area contributed by atoms with Crippen LogP contribution in [0.5, 0.6) is 0 Å². The lowest BCUT2D eigenvalue weighted by atomic mass is 10.7. The molecular formula is C2H10ClN2O3P. The number of halogens is 1. The summed E-state index contributed by atoms with van der Waals surface area (Å²) in [7, 11) is -4.01. The van der Waals surface area contributed by atoms with Crippen LogP contribution in [-0.2, 0) is 4.57 Å². The standard InChI is InChI=1S/C2H9N2O3P.ClH/c3-1-2-4-8(5,6)7;/h1-3H2,(H3,4,5,6,7);1H. The Kier molecular flexibility index (Phi) is 6.94. The van der Waals surface area contributed by atoms with Gasteiger partial charge in [-0.15, -0.1) is 12.4 Å². The predicted octanol–water partition coefficient (Wildman–Crippen LogP) is -0.951. The van der Waals surface area contributed by atoms with E-state index >= 15 is 0 Å². The quantitative estimate of drug-likeness (QED) is 0.416. The molecule has 0 aromatic heterocycles. The van der Waals surface area contributed by atoms with Crippen LogP contribution in [0, 0.1) is 0 Å². The molecule has 0 saturated heterocycles. The summed E-state index contributed by atoms with van der Waals surface area (Å²) in [5.41, 5.74) is 4.93. The molecule has 0 spiro atoms. The minimum Gasteiger partial charge on any atom is -0.329 e. The van der Waals surface area contributed by atoms with E-state index in [0.717, 1.165) is 0 Å². The topological polar surface area (TPSA) is 95.6 Å². The molecule has 0 unspecified atom stereocenters. The summed E-state index contributed by atoms with van der Waals surface area (Å²) in [6.07, 6.45) is 0. The second kappa shape index (κ2) is 5.17. The van der Waals surface area contributed by atoms with Crippen LogP contribution in [-0.4, -0.2) is 22.9 Å². The van der Waals surface area contributed by atoms with Crippen LogP contribution in [0.2, 0.25) is 0 Å². The third-order valence-electron chi connectivity index (χ3n) is 0.462. The van der Waals surface area contributed by atoms with Crippen LogP contribution in [0.15, 0.2) is 0 Å². The molecule has 0 aromatic rings. The van der Waals surface area contributed by atoms with Crippen LogP contribution in [0.1, 0.15) is 0 Å². The van der Waals surface area contributed by atoms with Gasteiger partial charge >= 0.3 is 7.75 Å². The van der Waals surface area contributed by atoms with Gasteiger partial charge in [0.1, 0.15) is 0 Å². The summed E-state index contributed by atoms with van der Waals surface area (Å²) >= 11 is 0. The van der Waals surface area contributed by atoms with Gasteiger partial charge in [0.2, 0.25) is 0 Å². The Hall–Kier alpha value is 0.360. The lowest BCUT2D eigenvalue weighted by molar-refractivity contribution is 0.358. The highest BCUT2D eigenvalue weighted by molar-refractivity contribution is 7.49. The second-order valence-electron chi connectivity index (χ2n) is 1.24. The fraction of sp³-hybridized carbons (Fsp3) is 1.00. The zero-order chi connectivity index (χ0) is 6.62. The highest BCUT2D eigenvalue weighted by atomic mass is 35.5. The maximum absolute atomic E-state index is 9.92. The largest absolute Gasteiger partial charge is 0.400 e. The average Bonchev–Trinajstić information content (AvgIpc) is 1.59. The highest BCUT2D eigenvalue weighted by Gasteiger charge is 2.08. The lowest BCUT2D eigenvalue weighted by Crippen LogP contribution is -2.19. The first-order valence-corrected chi connectivity index (χ1v) is 3.68. The molecule has 5 N–H and O–H groups in total. The van der Waals surface area contributed by atoms with Crippen molar-refractivity contribution < 1.29 is 14.4 Å². The molecule has 9 heavy (non-hydrogen) atoms. The number of hydrogen-bond acceptors (Lipinski definition) is 2. The predicted molar refractivity (Wildman–Crippen MR) is 36.3 cm³/mol. The molecule has 0 aliphatic rings. The smallest absolute Gasteiger partial charge is 0.329 e. The van der Waals surface area contributed by atoms with Gasteiger partial charge in [-0.3, -0.25) is 0 Å². The Balaban J connectivity index is 0. The van der Waals surface area contributed by atoms with E-state index in [1.54, 1.807) is 0 Å². The van der Waals surface area contributed by atoms with Gasteiger partial charge in [-0.1, -0.05) is 0 Å². The van der Waals surface area contributed by atoms with Gasteiger partial charge in [0.25, 0.3) is 0 Å². The van der Waals surface area contributed by atoms with Crippen LogP contribution >= 0.6 is 20.2 Å². The number of nitrogens with one attached hydrogen (secondary N) is 1. The van der Waals surface area contributed by atoms with Crippen molar-refractivity contribution in [1.29, 1.82) is 0 Å². The molecule has 0 saturated carbocycles. The van der Waals surface area contributed by atoms with Crippen LogP contribution in [0.4, 0.5) is 0 Å². The minimum absolute atomic E-state index is 0. The van der Waals surface area contributed by atoms with Crippen molar-refractivity contribution in [1.82, 2.24) is 5.09 Å². The van der Waals surface area contributed by atoms with Crippen molar-refractivity contribution in [3.63, 3.8) is 0 Å². The van der Waals surface area contributed by atoms with Crippen molar-refractivity contribution in [3.8, 4) is 0 Å². The first-order chi connectivity index (χ1) is 3.56. The van der Waals surface area contributed by atoms with Crippen molar-refractivity contribution >= 4 is 20.2 Å². The van der Waals surface area contributed by atoms with Crippen molar-refractivity contribution in [2.45, 2.75) is 0 Å². The molecular weight excluding hydrogens is 166 g/mol. The Morgan fingerprint density at radius 2 is 2.00 bits per heavy atom. The third kappa shape index (κ3) is 11.8.